The highest BCUT2D eigenvalue weighted by molar-refractivity contribution is 6.74. The molecule has 1 fully saturated rings. The summed E-state index contributed by atoms with van der Waals surface area (Å²) in [4.78, 5) is 0. The maximum absolute atomic E-state index is 6.83. The van der Waals surface area contributed by atoms with Crippen LogP contribution in [-0.2, 0) is 8.85 Å². The highest BCUT2D eigenvalue weighted by Gasteiger charge is 2.46. The first kappa shape index (κ1) is 22.1. The van der Waals surface area contributed by atoms with Crippen LogP contribution in [0.25, 0.3) is 0 Å². The maximum atomic E-state index is 6.83. The summed E-state index contributed by atoms with van der Waals surface area (Å²) in [5, 5.41) is 0.450. The molecular weight excluding hydrogens is 328 g/mol. The molecule has 0 amide bonds. The zero-order chi connectivity index (χ0) is 19.1. The lowest BCUT2D eigenvalue weighted by atomic mass is 9.83. The highest BCUT2D eigenvalue weighted by atomic mass is 28.4. The predicted molar refractivity (Wildman–Crippen MR) is 112 cm³/mol. The molecular formula is C20H42O2Si2. The molecule has 1 aliphatic carbocycles. The molecule has 2 nitrogen and oxygen atoms in total. The monoisotopic (exact) mass is 370 g/mol. The van der Waals surface area contributed by atoms with Crippen molar-refractivity contribution >= 4 is 16.6 Å². The maximum Gasteiger partial charge on any atom is 0.192 e. The van der Waals surface area contributed by atoms with Crippen LogP contribution >= 0.6 is 0 Å². The van der Waals surface area contributed by atoms with Gasteiger partial charge in [0.2, 0.25) is 0 Å². The van der Waals surface area contributed by atoms with Crippen LogP contribution in [0.1, 0.15) is 61.3 Å². The van der Waals surface area contributed by atoms with Gasteiger partial charge in [-0.05, 0) is 55.0 Å². The summed E-state index contributed by atoms with van der Waals surface area (Å²) < 4.78 is 13.6. The van der Waals surface area contributed by atoms with Crippen LogP contribution in [0.4, 0.5) is 0 Å². The van der Waals surface area contributed by atoms with Gasteiger partial charge < -0.3 is 8.85 Å². The fraction of sp³-hybridized carbons (Fsp3) is 0.900. The Bertz CT molecular complexity index is 455. The number of rotatable bonds is 4. The van der Waals surface area contributed by atoms with Crippen molar-refractivity contribution < 1.29 is 8.85 Å². The van der Waals surface area contributed by atoms with Crippen molar-refractivity contribution in [3.63, 3.8) is 0 Å². The van der Waals surface area contributed by atoms with Crippen molar-refractivity contribution in [1.29, 1.82) is 0 Å². The van der Waals surface area contributed by atoms with Crippen LogP contribution in [0, 0.1) is 5.92 Å². The van der Waals surface area contributed by atoms with Gasteiger partial charge in [-0.2, -0.15) is 0 Å². The Kier molecular flexibility index (Phi) is 6.47. The molecule has 1 aliphatic rings. The molecule has 4 heteroatoms. The standard InChI is InChI=1S/C20H42O2Si2/c1-15-13-17(21-23(9,10)19(3,4)5)18(14-16(15)2)22-24(11,12)20(6,7)8/h16-18H,1,13-14H2,2-12H3/t16-,17-,18-/m0/s1. The van der Waals surface area contributed by atoms with Crippen LogP contribution in [-0.4, -0.2) is 28.8 Å². The molecule has 0 unspecified atom stereocenters. The lowest BCUT2D eigenvalue weighted by molar-refractivity contribution is 0.00924. The van der Waals surface area contributed by atoms with Gasteiger partial charge in [-0.25, -0.2) is 0 Å². The third-order valence-corrected chi connectivity index (χ3v) is 15.7. The van der Waals surface area contributed by atoms with Crippen molar-refractivity contribution in [1.82, 2.24) is 0 Å². The van der Waals surface area contributed by atoms with Crippen LogP contribution in [0.2, 0.25) is 36.3 Å². The zero-order valence-electron chi connectivity index (χ0n) is 18.2. The first-order chi connectivity index (χ1) is 10.5. The minimum absolute atomic E-state index is 0.170. The Morgan fingerprint density at radius 3 is 1.58 bits per heavy atom. The highest BCUT2D eigenvalue weighted by Crippen LogP contribution is 2.44. The number of hydrogen-bond donors (Lipinski definition) is 0. The van der Waals surface area contributed by atoms with Crippen LogP contribution < -0.4 is 0 Å². The van der Waals surface area contributed by atoms with Gasteiger partial charge >= 0.3 is 0 Å². The van der Waals surface area contributed by atoms with Crippen molar-refractivity contribution in [3.8, 4) is 0 Å². The smallest absolute Gasteiger partial charge is 0.192 e. The van der Waals surface area contributed by atoms with Gasteiger partial charge in [0.1, 0.15) is 0 Å². The second-order valence-corrected chi connectivity index (χ2v) is 20.3. The van der Waals surface area contributed by atoms with E-state index in [4.69, 9.17) is 8.85 Å². The van der Waals surface area contributed by atoms with E-state index in [1.807, 2.05) is 0 Å². The molecule has 0 bridgehead atoms. The lowest BCUT2D eigenvalue weighted by Gasteiger charge is -2.48. The van der Waals surface area contributed by atoms with Crippen LogP contribution in [0.3, 0.4) is 0 Å². The van der Waals surface area contributed by atoms with Gasteiger partial charge in [0.05, 0.1) is 12.2 Å². The molecule has 0 heterocycles. The van der Waals surface area contributed by atoms with Crippen molar-refractivity contribution in [2.24, 2.45) is 5.92 Å². The average Bonchev–Trinajstić information content (AvgIpc) is 2.31. The molecule has 0 aromatic heterocycles. The fourth-order valence-corrected chi connectivity index (χ4v) is 5.31. The van der Waals surface area contributed by atoms with E-state index in [1.54, 1.807) is 0 Å². The second kappa shape index (κ2) is 7.01. The SMILES string of the molecule is C=C1C[C@H](O[Si](C)(C)C(C)(C)C)[C@@H](O[Si](C)(C)C(C)(C)C)C[C@@H]1C. The zero-order valence-corrected chi connectivity index (χ0v) is 20.2. The Balaban J connectivity index is 3.03. The molecule has 0 aliphatic heterocycles. The number of hydrogen-bond acceptors (Lipinski definition) is 2. The molecule has 142 valence electrons. The normalized spacial score (nSPS) is 27.5. The largest absolute Gasteiger partial charge is 0.411 e. The van der Waals surface area contributed by atoms with E-state index in [-0.39, 0.29) is 22.3 Å². The van der Waals surface area contributed by atoms with Crippen molar-refractivity contribution in [2.75, 3.05) is 0 Å². The molecule has 0 aromatic carbocycles. The van der Waals surface area contributed by atoms with Crippen LogP contribution in [0.15, 0.2) is 12.2 Å². The van der Waals surface area contributed by atoms with Gasteiger partial charge in [-0.3, -0.25) is 0 Å². The summed E-state index contributed by atoms with van der Waals surface area (Å²) in [6.07, 6.45) is 2.38. The summed E-state index contributed by atoms with van der Waals surface area (Å²) >= 11 is 0. The third kappa shape index (κ3) is 5.06. The van der Waals surface area contributed by atoms with Crippen LogP contribution in [0.5, 0.6) is 0 Å². The minimum Gasteiger partial charge on any atom is -0.411 e. The Morgan fingerprint density at radius 1 is 0.833 bits per heavy atom. The van der Waals surface area contributed by atoms with E-state index < -0.39 is 16.6 Å². The average molecular weight is 371 g/mol. The van der Waals surface area contributed by atoms with E-state index in [9.17, 15) is 0 Å². The van der Waals surface area contributed by atoms with Gasteiger partial charge in [-0.15, -0.1) is 0 Å². The van der Waals surface area contributed by atoms with E-state index in [0.29, 0.717) is 5.92 Å². The summed E-state index contributed by atoms with van der Waals surface area (Å²) in [6.45, 7) is 29.9. The molecule has 1 saturated carbocycles. The topological polar surface area (TPSA) is 18.5 Å². The quantitative estimate of drug-likeness (QED) is 0.402. The van der Waals surface area contributed by atoms with E-state index >= 15 is 0 Å². The molecule has 0 radical (unpaired) electrons. The van der Waals surface area contributed by atoms with Gasteiger partial charge in [0.15, 0.2) is 16.6 Å². The Morgan fingerprint density at radius 2 is 1.21 bits per heavy atom. The summed E-state index contributed by atoms with van der Waals surface area (Å²) in [5.41, 5.74) is 1.33. The first-order valence-electron chi connectivity index (χ1n) is 9.51. The molecule has 1 rings (SSSR count). The minimum atomic E-state index is -1.81. The fourth-order valence-electron chi connectivity index (χ4n) is 2.61. The first-order valence-corrected chi connectivity index (χ1v) is 15.3. The Hall–Kier alpha value is 0.0938. The molecule has 3 atom stereocenters. The Labute approximate surface area is 153 Å². The van der Waals surface area contributed by atoms with E-state index in [0.717, 1.165) is 12.8 Å². The van der Waals surface area contributed by atoms with Gasteiger partial charge in [0.25, 0.3) is 0 Å². The van der Waals surface area contributed by atoms with E-state index in [1.165, 1.54) is 5.57 Å². The lowest BCUT2D eigenvalue weighted by Crippen LogP contribution is -2.53. The molecule has 0 spiro atoms. The van der Waals surface area contributed by atoms with Crippen molar-refractivity contribution in [3.05, 3.63) is 12.2 Å². The van der Waals surface area contributed by atoms with Crippen molar-refractivity contribution in [2.45, 2.75) is 110 Å². The van der Waals surface area contributed by atoms with Gasteiger partial charge in [0, 0.05) is 0 Å². The summed E-state index contributed by atoms with van der Waals surface area (Å²) in [7, 11) is -3.61. The second-order valence-electron chi connectivity index (χ2n) is 10.8. The summed E-state index contributed by atoms with van der Waals surface area (Å²) in [6, 6.07) is 0. The predicted octanol–water partition coefficient (Wildman–Crippen LogP) is 6.75. The molecule has 0 aromatic rings. The third-order valence-electron chi connectivity index (χ3n) is 6.67. The van der Waals surface area contributed by atoms with E-state index in [2.05, 4.69) is 81.2 Å². The summed E-state index contributed by atoms with van der Waals surface area (Å²) in [5.74, 6) is 0.527. The molecule has 24 heavy (non-hydrogen) atoms. The molecule has 0 saturated heterocycles. The van der Waals surface area contributed by atoms with Gasteiger partial charge in [-0.1, -0.05) is 60.6 Å². The molecule has 0 N–H and O–H groups in total.